The predicted octanol–water partition coefficient (Wildman–Crippen LogP) is 7.78. The SMILES string of the molecule is FC(F)Oc1cccc(-c2nn(Cc3cccc(Cl)c3)c(-c3cccc(OC(F)F)c3)c2Cl)c1. The van der Waals surface area contributed by atoms with Crippen LogP contribution >= 0.6 is 23.2 Å². The van der Waals surface area contributed by atoms with Gasteiger partial charge in [0.2, 0.25) is 0 Å². The van der Waals surface area contributed by atoms with Crippen LogP contribution in [0.3, 0.4) is 0 Å². The quantitative estimate of drug-likeness (QED) is 0.227. The maximum absolute atomic E-state index is 12.7. The van der Waals surface area contributed by atoms with E-state index in [1.165, 1.54) is 30.3 Å². The molecule has 0 aliphatic heterocycles. The molecule has 176 valence electrons. The third kappa shape index (κ3) is 5.63. The van der Waals surface area contributed by atoms with Gasteiger partial charge in [0.25, 0.3) is 0 Å². The van der Waals surface area contributed by atoms with Crippen LogP contribution in [0.1, 0.15) is 5.56 Å². The molecule has 4 rings (SSSR count). The van der Waals surface area contributed by atoms with Gasteiger partial charge in [0.15, 0.2) is 0 Å². The molecule has 0 N–H and O–H groups in total. The first kappa shape index (κ1) is 23.9. The molecular formula is C24H16Cl2F4N2O2. The Morgan fingerprint density at radius 1 is 0.765 bits per heavy atom. The van der Waals surface area contributed by atoms with E-state index in [2.05, 4.69) is 14.6 Å². The fourth-order valence-electron chi connectivity index (χ4n) is 3.46. The molecule has 0 spiro atoms. The molecule has 0 saturated carbocycles. The molecule has 0 aliphatic carbocycles. The molecule has 0 fully saturated rings. The molecule has 0 atom stereocenters. The topological polar surface area (TPSA) is 36.3 Å². The summed E-state index contributed by atoms with van der Waals surface area (Å²) in [6.07, 6.45) is 0. The second-order valence-electron chi connectivity index (χ2n) is 7.11. The zero-order chi connectivity index (χ0) is 24.2. The number of rotatable bonds is 8. The van der Waals surface area contributed by atoms with Crippen molar-refractivity contribution in [3.05, 3.63) is 88.4 Å². The van der Waals surface area contributed by atoms with Gasteiger partial charge in [-0.3, -0.25) is 4.68 Å². The van der Waals surface area contributed by atoms with E-state index in [1.807, 2.05) is 6.07 Å². The average molecular weight is 511 g/mol. The van der Waals surface area contributed by atoms with E-state index in [-0.39, 0.29) is 23.1 Å². The second kappa shape index (κ2) is 10.4. The first-order valence-electron chi connectivity index (χ1n) is 9.91. The molecule has 0 unspecified atom stereocenters. The highest BCUT2D eigenvalue weighted by atomic mass is 35.5. The lowest BCUT2D eigenvalue weighted by Crippen LogP contribution is -2.05. The molecule has 0 radical (unpaired) electrons. The molecule has 1 heterocycles. The van der Waals surface area contributed by atoms with Gasteiger partial charge in [0, 0.05) is 16.1 Å². The molecule has 0 aliphatic rings. The van der Waals surface area contributed by atoms with Gasteiger partial charge in [0.05, 0.1) is 17.3 Å². The molecule has 0 amide bonds. The largest absolute Gasteiger partial charge is 0.435 e. The highest BCUT2D eigenvalue weighted by molar-refractivity contribution is 6.35. The summed E-state index contributed by atoms with van der Waals surface area (Å²) in [4.78, 5) is 0. The Labute approximate surface area is 202 Å². The molecule has 1 aromatic heterocycles. The number of nitrogens with zero attached hydrogens (tertiary/aromatic N) is 2. The molecule has 4 aromatic rings. The van der Waals surface area contributed by atoms with E-state index in [1.54, 1.807) is 41.1 Å². The fraction of sp³-hybridized carbons (Fsp3) is 0.125. The number of alkyl halides is 4. The van der Waals surface area contributed by atoms with E-state index in [0.717, 1.165) is 5.56 Å². The van der Waals surface area contributed by atoms with Crippen molar-refractivity contribution in [3.8, 4) is 34.0 Å². The van der Waals surface area contributed by atoms with E-state index in [0.29, 0.717) is 27.5 Å². The molecule has 10 heteroatoms. The Morgan fingerprint density at radius 3 is 1.97 bits per heavy atom. The summed E-state index contributed by atoms with van der Waals surface area (Å²) in [5.74, 6) is -0.102. The first-order valence-corrected chi connectivity index (χ1v) is 10.7. The van der Waals surface area contributed by atoms with Crippen LogP contribution in [0, 0.1) is 0 Å². The minimum Gasteiger partial charge on any atom is -0.435 e. The van der Waals surface area contributed by atoms with Gasteiger partial charge < -0.3 is 9.47 Å². The van der Waals surface area contributed by atoms with Crippen LogP contribution < -0.4 is 9.47 Å². The summed E-state index contributed by atoms with van der Waals surface area (Å²) in [5, 5.41) is 5.33. The van der Waals surface area contributed by atoms with Crippen molar-refractivity contribution in [2.75, 3.05) is 0 Å². The fourth-order valence-corrected chi connectivity index (χ4v) is 4.03. The Kier molecular flexibility index (Phi) is 7.29. The monoisotopic (exact) mass is 510 g/mol. The summed E-state index contributed by atoms with van der Waals surface area (Å²) in [6, 6.07) is 19.1. The Hall–Kier alpha value is -3.23. The maximum atomic E-state index is 12.7. The first-order chi connectivity index (χ1) is 16.3. The second-order valence-corrected chi connectivity index (χ2v) is 7.93. The van der Waals surface area contributed by atoms with Crippen LogP contribution in [0.25, 0.3) is 22.5 Å². The highest BCUT2D eigenvalue weighted by Crippen LogP contribution is 2.39. The number of benzene rings is 3. The van der Waals surface area contributed by atoms with Gasteiger partial charge in [0.1, 0.15) is 17.2 Å². The minimum absolute atomic E-state index is 0.0482. The normalized spacial score (nSPS) is 11.3. The van der Waals surface area contributed by atoms with Crippen LogP contribution in [-0.4, -0.2) is 23.0 Å². The number of halogens is 6. The van der Waals surface area contributed by atoms with Crippen molar-refractivity contribution >= 4 is 23.2 Å². The van der Waals surface area contributed by atoms with Gasteiger partial charge in [-0.05, 0) is 42.0 Å². The van der Waals surface area contributed by atoms with E-state index in [4.69, 9.17) is 23.2 Å². The van der Waals surface area contributed by atoms with Gasteiger partial charge in [-0.2, -0.15) is 22.7 Å². The lowest BCUT2D eigenvalue weighted by atomic mass is 10.1. The highest BCUT2D eigenvalue weighted by Gasteiger charge is 2.21. The van der Waals surface area contributed by atoms with E-state index >= 15 is 0 Å². The van der Waals surface area contributed by atoms with Crippen molar-refractivity contribution < 1.29 is 27.0 Å². The van der Waals surface area contributed by atoms with Gasteiger partial charge in [-0.15, -0.1) is 0 Å². The molecule has 34 heavy (non-hydrogen) atoms. The average Bonchev–Trinajstić information content (AvgIpc) is 3.09. The number of ether oxygens (including phenoxy) is 2. The zero-order valence-electron chi connectivity index (χ0n) is 17.3. The third-order valence-corrected chi connectivity index (χ3v) is 5.37. The van der Waals surface area contributed by atoms with Crippen molar-refractivity contribution in [1.29, 1.82) is 0 Å². The summed E-state index contributed by atoms with van der Waals surface area (Å²) < 4.78 is 61.5. The summed E-state index contributed by atoms with van der Waals surface area (Å²) >= 11 is 12.8. The lowest BCUT2D eigenvalue weighted by molar-refractivity contribution is -0.0505. The number of hydrogen-bond acceptors (Lipinski definition) is 3. The maximum Gasteiger partial charge on any atom is 0.387 e. The van der Waals surface area contributed by atoms with Crippen molar-refractivity contribution in [2.24, 2.45) is 0 Å². The lowest BCUT2D eigenvalue weighted by Gasteiger charge is -2.10. The van der Waals surface area contributed by atoms with E-state index < -0.39 is 13.2 Å². The molecule has 0 bridgehead atoms. The van der Waals surface area contributed by atoms with Crippen molar-refractivity contribution in [3.63, 3.8) is 0 Å². The van der Waals surface area contributed by atoms with Gasteiger partial charge in [-0.1, -0.05) is 59.6 Å². The summed E-state index contributed by atoms with van der Waals surface area (Å²) in [6.45, 7) is -5.72. The van der Waals surface area contributed by atoms with Crippen molar-refractivity contribution in [2.45, 2.75) is 19.8 Å². The Balaban J connectivity index is 1.83. The van der Waals surface area contributed by atoms with Gasteiger partial charge in [-0.25, -0.2) is 0 Å². The number of aromatic nitrogens is 2. The summed E-state index contributed by atoms with van der Waals surface area (Å²) in [5.41, 5.74) is 2.46. The minimum atomic E-state index is -2.99. The van der Waals surface area contributed by atoms with Crippen molar-refractivity contribution in [1.82, 2.24) is 9.78 Å². The van der Waals surface area contributed by atoms with E-state index in [9.17, 15) is 17.6 Å². The molecule has 0 saturated heterocycles. The van der Waals surface area contributed by atoms with Crippen LogP contribution in [0.2, 0.25) is 10.0 Å². The van der Waals surface area contributed by atoms with Gasteiger partial charge >= 0.3 is 13.2 Å². The zero-order valence-corrected chi connectivity index (χ0v) is 18.8. The third-order valence-electron chi connectivity index (χ3n) is 4.78. The molecular weight excluding hydrogens is 495 g/mol. The molecule has 3 aromatic carbocycles. The standard InChI is InChI=1S/C24H16Cl2F4N2O2/c25-17-7-1-4-14(10-17)13-32-22(16-6-3-9-19(12-16)34-24(29)30)20(26)21(31-32)15-5-2-8-18(11-15)33-23(27)28/h1-12,23-24H,13H2. The summed E-state index contributed by atoms with van der Waals surface area (Å²) in [7, 11) is 0. The predicted molar refractivity (Wildman–Crippen MR) is 122 cm³/mol. The Bertz CT molecular complexity index is 1300. The van der Waals surface area contributed by atoms with Crippen LogP contribution in [0.5, 0.6) is 11.5 Å². The number of hydrogen-bond donors (Lipinski definition) is 0. The smallest absolute Gasteiger partial charge is 0.387 e. The van der Waals surface area contributed by atoms with Crippen LogP contribution in [0.15, 0.2) is 72.8 Å². The van der Waals surface area contributed by atoms with Crippen LogP contribution in [0.4, 0.5) is 17.6 Å². The van der Waals surface area contributed by atoms with Crippen LogP contribution in [-0.2, 0) is 6.54 Å². The molecule has 4 nitrogen and oxygen atoms in total. The Morgan fingerprint density at radius 2 is 1.35 bits per heavy atom.